The van der Waals surface area contributed by atoms with Gasteiger partial charge in [0, 0.05) is 26.2 Å². The predicted octanol–water partition coefficient (Wildman–Crippen LogP) is 2.91. The van der Waals surface area contributed by atoms with Crippen molar-refractivity contribution in [2.75, 3.05) is 24.9 Å². The molecular weight excluding hydrogens is 478 g/mol. The van der Waals surface area contributed by atoms with Crippen molar-refractivity contribution in [2.24, 2.45) is 0 Å². The molecule has 1 atom stereocenters. The van der Waals surface area contributed by atoms with E-state index < -0.39 is 51.8 Å². The number of nitrogens with zero attached hydrogens (tertiary/aromatic N) is 3. The fourth-order valence-corrected chi connectivity index (χ4v) is 4.22. The van der Waals surface area contributed by atoms with Gasteiger partial charge in [0.25, 0.3) is 0 Å². The highest BCUT2D eigenvalue weighted by Gasteiger charge is 2.33. The first kappa shape index (κ1) is 28.2. The number of carbonyl (C=O) groups is 2. The van der Waals surface area contributed by atoms with Gasteiger partial charge in [-0.15, -0.1) is 0 Å². The number of hydrogen-bond acceptors (Lipinski definition) is 4. The molecule has 2 aromatic carbocycles. The molecule has 0 spiro atoms. The van der Waals surface area contributed by atoms with Crippen molar-refractivity contribution in [3.05, 3.63) is 65.7 Å². The van der Waals surface area contributed by atoms with Crippen molar-refractivity contribution in [1.29, 1.82) is 0 Å². The van der Waals surface area contributed by atoms with E-state index in [1.807, 2.05) is 0 Å². The van der Waals surface area contributed by atoms with Gasteiger partial charge >= 0.3 is 10.2 Å². The van der Waals surface area contributed by atoms with Crippen LogP contribution in [0.2, 0.25) is 0 Å². The van der Waals surface area contributed by atoms with Crippen LogP contribution in [-0.2, 0) is 26.3 Å². The molecule has 1 N–H and O–H groups in total. The molecule has 0 saturated heterocycles. The van der Waals surface area contributed by atoms with E-state index in [-0.39, 0.29) is 12.2 Å². The van der Waals surface area contributed by atoms with Crippen LogP contribution < -0.4 is 9.62 Å². The van der Waals surface area contributed by atoms with Crippen LogP contribution >= 0.6 is 0 Å². The van der Waals surface area contributed by atoms with E-state index in [4.69, 9.17) is 0 Å². The Morgan fingerprint density at radius 3 is 1.89 bits per heavy atom. The molecule has 0 radical (unpaired) electrons. The molecule has 0 aromatic heterocycles. The second-order valence-electron chi connectivity index (χ2n) is 9.34. The molecule has 0 aliphatic carbocycles. The number of rotatable bonds is 9. The van der Waals surface area contributed by atoms with Gasteiger partial charge in [0.05, 0.1) is 5.69 Å². The van der Waals surface area contributed by atoms with Crippen molar-refractivity contribution < 1.29 is 26.8 Å². The molecule has 0 fully saturated rings. The highest BCUT2D eigenvalue weighted by atomic mass is 32.2. The fourth-order valence-electron chi connectivity index (χ4n) is 3.17. The molecule has 11 heteroatoms. The zero-order chi connectivity index (χ0) is 26.6. The molecule has 2 rings (SSSR count). The smallest absolute Gasteiger partial charge is 0.304 e. The molecule has 0 saturated carbocycles. The summed E-state index contributed by atoms with van der Waals surface area (Å²) < 4.78 is 54.7. The van der Waals surface area contributed by atoms with Crippen molar-refractivity contribution in [1.82, 2.24) is 14.5 Å². The van der Waals surface area contributed by atoms with Gasteiger partial charge in [-0.3, -0.25) is 9.59 Å². The van der Waals surface area contributed by atoms with Gasteiger partial charge in [0.15, 0.2) is 0 Å². The van der Waals surface area contributed by atoms with E-state index in [9.17, 15) is 26.8 Å². The number of halogens is 2. The van der Waals surface area contributed by atoms with E-state index in [0.29, 0.717) is 5.56 Å². The number of benzene rings is 2. The highest BCUT2D eigenvalue weighted by Crippen LogP contribution is 2.21. The van der Waals surface area contributed by atoms with Crippen LogP contribution in [0.1, 0.15) is 33.3 Å². The van der Waals surface area contributed by atoms with Crippen molar-refractivity contribution in [2.45, 2.75) is 45.8 Å². The quantitative estimate of drug-likeness (QED) is 0.562. The summed E-state index contributed by atoms with van der Waals surface area (Å²) in [7, 11) is -1.52. The number of anilines is 1. The van der Waals surface area contributed by atoms with Crippen LogP contribution in [0.5, 0.6) is 0 Å². The average Bonchev–Trinajstić information content (AvgIpc) is 2.75. The third-order valence-electron chi connectivity index (χ3n) is 5.07. The minimum absolute atomic E-state index is 0.0584. The van der Waals surface area contributed by atoms with Gasteiger partial charge in [-0.25, -0.2) is 13.1 Å². The van der Waals surface area contributed by atoms with Crippen LogP contribution in [0.4, 0.5) is 14.5 Å². The minimum atomic E-state index is -4.14. The standard InChI is InChI=1S/C24H32F2N4O4S/c1-17(23(32)27-24(2,3)4)29(15-18-7-9-19(25)10-8-18)22(31)16-30(35(33,34)28(5)6)21-13-11-20(26)12-14-21/h7-14,17H,15-16H2,1-6H3,(H,27,32)/t17-/m1/s1. The summed E-state index contributed by atoms with van der Waals surface area (Å²) in [4.78, 5) is 27.7. The van der Waals surface area contributed by atoms with Gasteiger partial charge in [0.2, 0.25) is 11.8 Å². The third kappa shape index (κ3) is 7.72. The number of carbonyl (C=O) groups excluding carboxylic acids is 2. The lowest BCUT2D eigenvalue weighted by atomic mass is 10.1. The van der Waals surface area contributed by atoms with Crippen molar-refractivity contribution in [3.8, 4) is 0 Å². The maximum atomic E-state index is 13.5. The molecule has 2 amide bonds. The lowest BCUT2D eigenvalue weighted by molar-refractivity contribution is -0.140. The molecule has 8 nitrogen and oxygen atoms in total. The van der Waals surface area contributed by atoms with Crippen LogP contribution in [-0.4, -0.2) is 61.7 Å². The molecule has 35 heavy (non-hydrogen) atoms. The fraction of sp³-hybridized carbons (Fsp3) is 0.417. The van der Waals surface area contributed by atoms with Crippen LogP contribution in [0.25, 0.3) is 0 Å². The van der Waals surface area contributed by atoms with Gasteiger partial charge in [-0.05, 0) is 69.7 Å². The molecule has 2 aromatic rings. The summed E-state index contributed by atoms with van der Waals surface area (Å²) in [6, 6.07) is 9.16. The van der Waals surface area contributed by atoms with E-state index in [0.717, 1.165) is 20.7 Å². The molecule has 0 bridgehead atoms. The summed E-state index contributed by atoms with van der Waals surface area (Å²) in [5.74, 6) is -2.12. The summed E-state index contributed by atoms with van der Waals surface area (Å²) in [5, 5.41) is 2.81. The molecule has 0 heterocycles. The lowest BCUT2D eigenvalue weighted by Crippen LogP contribution is -2.54. The highest BCUT2D eigenvalue weighted by molar-refractivity contribution is 7.90. The second-order valence-corrected chi connectivity index (χ2v) is 11.4. The topological polar surface area (TPSA) is 90.0 Å². The average molecular weight is 511 g/mol. The Hall–Kier alpha value is -3.05. The predicted molar refractivity (Wildman–Crippen MR) is 131 cm³/mol. The van der Waals surface area contributed by atoms with Crippen LogP contribution in [0, 0.1) is 11.6 Å². The first-order valence-electron chi connectivity index (χ1n) is 10.9. The summed E-state index contributed by atoms with van der Waals surface area (Å²) >= 11 is 0. The normalized spacial score (nSPS) is 12.8. The number of nitrogens with one attached hydrogen (secondary N) is 1. The summed E-state index contributed by atoms with van der Waals surface area (Å²) in [6.07, 6.45) is 0. The summed E-state index contributed by atoms with van der Waals surface area (Å²) in [5.41, 5.74) is 0.0746. The maximum Gasteiger partial charge on any atom is 0.304 e. The monoisotopic (exact) mass is 510 g/mol. The Bertz CT molecular complexity index is 1130. The minimum Gasteiger partial charge on any atom is -0.350 e. The molecule has 0 aliphatic rings. The number of hydrogen-bond donors (Lipinski definition) is 1. The zero-order valence-corrected chi connectivity index (χ0v) is 21.6. The Morgan fingerprint density at radius 1 is 0.943 bits per heavy atom. The van der Waals surface area contributed by atoms with Crippen molar-refractivity contribution in [3.63, 3.8) is 0 Å². The molecule has 0 aliphatic heterocycles. The maximum absolute atomic E-state index is 13.5. The van der Waals surface area contributed by atoms with Gasteiger partial charge in [-0.2, -0.15) is 12.7 Å². The first-order valence-corrected chi connectivity index (χ1v) is 12.3. The Labute approximate surface area is 205 Å². The SMILES string of the molecule is C[C@H](C(=O)NC(C)(C)C)N(Cc1ccc(F)cc1)C(=O)CN(c1ccc(F)cc1)S(=O)(=O)N(C)C. The van der Waals surface area contributed by atoms with Gasteiger partial charge in [-0.1, -0.05) is 12.1 Å². The molecule has 0 unspecified atom stereocenters. The first-order chi connectivity index (χ1) is 16.1. The lowest BCUT2D eigenvalue weighted by Gasteiger charge is -2.34. The van der Waals surface area contributed by atoms with Gasteiger partial charge < -0.3 is 10.2 Å². The van der Waals surface area contributed by atoms with Crippen LogP contribution in [0.15, 0.2) is 48.5 Å². The van der Waals surface area contributed by atoms with E-state index in [1.165, 1.54) is 62.3 Å². The van der Waals surface area contributed by atoms with Crippen molar-refractivity contribution >= 4 is 27.7 Å². The zero-order valence-electron chi connectivity index (χ0n) is 20.7. The van der Waals surface area contributed by atoms with E-state index >= 15 is 0 Å². The molecule has 192 valence electrons. The van der Waals surface area contributed by atoms with Crippen LogP contribution in [0.3, 0.4) is 0 Å². The number of amides is 2. The Balaban J connectivity index is 2.45. The van der Waals surface area contributed by atoms with Gasteiger partial charge in [0.1, 0.15) is 24.2 Å². The second kappa shape index (κ2) is 11.1. The molecular formula is C24H32F2N4O4S. The van der Waals surface area contributed by atoms with E-state index in [2.05, 4.69) is 5.32 Å². The summed E-state index contributed by atoms with van der Waals surface area (Å²) in [6.45, 7) is 6.22. The largest absolute Gasteiger partial charge is 0.350 e. The Morgan fingerprint density at radius 2 is 1.43 bits per heavy atom. The third-order valence-corrected chi connectivity index (χ3v) is 6.88. The Kier molecular flexibility index (Phi) is 8.96. The van der Waals surface area contributed by atoms with E-state index in [1.54, 1.807) is 20.8 Å².